The van der Waals surface area contributed by atoms with Crippen molar-refractivity contribution in [3.8, 4) is 23.0 Å². The molecule has 0 fully saturated rings. The molecule has 0 saturated heterocycles. The zero-order chi connectivity index (χ0) is 26.7. The third-order valence-corrected chi connectivity index (χ3v) is 6.98. The molecule has 7 heteroatoms. The number of hydrogen-bond acceptors (Lipinski definition) is 6. The van der Waals surface area contributed by atoms with Crippen molar-refractivity contribution < 1.29 is 23.7 Å². The first-order valence-electron chi connectivity index (χ1n) is 12.3. The standard InChI is InChI=1S/C31H30N2O5/c1-32-31(21-13-7-5-8-14-21,22-15-9-6-10-16-22)24-17-11-12-18-25(24)33(2)30(34)23-19-26(35-3)28-29(27(23)36-4)38-20-37-28/h5-19,32H,20H2,1-4H3. The maximum atomic E-state index is 14.1. The minimum Gasteiger partial charge on any atom is -0.493 e. The van der Waals surface area contributed by atoms with Gasteiger partial charge in [-0.2, -0.15) is 0 Å². The lowest BCUT2D eigenvalue weighted by molar-refractivity contribution is 0.0988. The van der Waals surface area contributed by atoms with Crippen molar-refractivity contribution in [1.82, 2.24) is 5.32 Å². The van der Waals surface area contributed by atoms with Crippen LogP contribution in [0.25, 0.3) is 0 Å². The number of carbonyl (C=O) groups is 1. The molecule has 1 amide bonds. The van der Waals surface area contributed by atoms with Gasteiger partial charge in [-0.1, -0.05) is 78.9 Å². The quantitative estimate of drug-likeness (QED) is 0.328. The molecule has 0 radical (unpaired) electrons. The van der Waals surface area contributed by atoms with E-state index in [0.717, 1.165) is 22.4 Å². The van der Waals surface area contributed by atoms with Crippen LogP contribution in [0, 0.1) is 0 Å². The molecular weight excluding hydrogens is 480 g/mol. The number of para-hydroxylation sites is 1. The van der Waals surface area contributed by atoms with Gasteiger partial charge in [0.05, 0.1) is 25.3 Å². The van der Waals surface area contributed by atoms with E-state index in [0.29, 0.717) is 28.6 Å². The predicted octanol–water partition coefficient (Wildman–Crippen LogP) is 5.22. The highest BCUT2D eigenvalue weighted by Crippen LogP contribution is 2.50. The zero-order valence-corrected chi connectivity index (χ0v) is 21.9. The monoisotopic (exact) mass is 510 g/mol. The number of ether oxygens (including phenoxy) is 4. The van der Waals surface area contributed by atoms with Crippen molar-refractivity contribution in [3.63, 3.8) is 0 Å². The van der Waals surface area contributed by atoms with Crippen LogP contribution in [0.5, 0.6) is 23.0 Å². The normalized spacial score (nSPS) is 12.2. The lowest BCUT2D eigenvalue weighted by Crippen LogP contribution is -2.44. The largest absolute Gasteiger partial charge is 0.493 e. The fraction of sp³-hybridized carbons (Fsp3) is 0.194. The molecule has 1 N–H and O–H groups in total. The Balaban J connectivity index is 1.69. The predicted molar refractivity (Wildman–Crippen MR) is 147 cm³/mol. The van der Waals surface area contributed by atoms with Crippen LogP contribution in [0.1, 0.15) is 27.0 Å². The summed E-state index contributed by atoms with van der Waals surface area (Å²) in [6.45, 7) is 0.0250. The van der Waals surface area contributed by atoms with E-state index in [2.05, 4.69) is 29.6 Å². The first-order chi connectivity index (χ1) is 18.6. The molecular formula is C31H30N2O5. The van der Waals surface area contributed by atoms with Crippen LogP contribution in [0.15, 0.2) is 91.0 Å². The average molecular weight is 511 g/mol. The fourth-order valence-electron chi connectivity index (χ4n) is 5.18. The summed E-state index contributed by atoms with van der Waals surface area (Å²) in [6, 6.07) is 30.0. The Kier molecular flexibility index (Phi) is 6.94. The molecule has 0 aliphatic carbocycles. The van der Waals surface area contributed by atoms with Crippen LogP contribution in [-0.2, 0) is 5.54 Å². The second-order valence-electron chi connectivity index (χ2n) is 8.84. The van der Waals surface area contributed by atoms with Gasteiger partial charge < -0.3 is 29.2 Å². The van der Waals surface area contributed by atoms with E-state index >= 15 is 0 Å². The number of nitrogens with one attached hydrogen (secondary N) is 1. The number of amides is 1. The first kappa shape index (κ1) is 25.2. The lowest BCUT2D eigenvalue weighted by Gasteiger charge is -2.38. The second kappa shape index (κ2) is 10.5. The molecule has 0 unspecified atom stereocenters. The summed E-state index contributed by atoms with van der Waals surface area (Å²) >= 11 is 0. The first-order valence-corrected chi connectivity index (χ1v) is 12.3. The Morgan fingerprint density at radius 1 is 0.842 bits per heavy atom. The molecule has 0 aromatic heterocycles. The van der Waals surface area contributed by atoms with E-state index < -0.39 is 5.54 Å². The van der Waals surface area contributed by atoms with Crippen molar-refractivity contribution in [2.24, 2.45) is 0 Å². The molecule has 7 nitrogen and oxygen atoms in total. The Hall–Kier alpha value is -4.49. The number of methoxy groups -OCH3 is 2. The van der Waals surface area contributed by atoms with Crippen LogP contribution < -0.4 is 29.2 Å². The number of anilines is 1. The van der Waals surface area contributed by atoms with E-state index in [-0.39, 0.29) is 12.7 Å². The lowest BCUT2D eigenvalue weighted by atomic mass is 9.76. The molecule has 194 valence electrons. The van der Waals surface area contributed by atoms with E-state index in [1.807, 2.05) is 67.7 Å². The SMILES string of the molecule is CNC(c1ccccc1)(c1ccccc1)c1ccccc1N(C)C(=O)c1cc(OC)c2c(c1OC)OCO2. The smallest absolute Gasteiger partial charge is 0.262 e. The minimum absolute atomic E-state index is 0.0250. The Morgan fingerprint density at radius 2 is 1.42 bits per heavy atom. The Morgan fingerprint density at radius 3 is 2.00 bits per heavy atom. The molecule has 0 saturated carbocycles. The molecule has 0 bridgehead atoms. The van der Waals surface area contributed by atoms with E-state index in [1.54, 1.807) is 18.0 Å². The number of nitrogens with zero attached hydrogens (tertiary/aromatic N) is 1. The molecule has 1 aliphatic heterocycles. The van der Waals surface area contributed by atoms with Crippen LogP contribution in [0.4, 0.5) is 5.69 Å². The second-order valence-corrected chi connectivity index (χ2v) is 8.84. The van der Waals surface area contributed by atoms with Gasteiger partial charge in [-0.3, -0.25) is 4.79 Å². The molecule has 38 heavy (non-hydrogen) atoms. The van der Waals surface area contributed by atoms with Crippen molar-refractivity contribution >= 4 is 11.6 Å². The Labute approximate surface area is 222 Å². The highest BCUT2D eigenvalue weighted by Gasteiger charge is 2.38. The third-order valence-electron chi connectivity index (χ3n) is 6.98. The average Bonchev–Trinajstić information content (AvgIpc) is 3.48. The summed E-state index contributed by atoms with van der Waals surface area (Å²) in [7, 11) is 6.72. The summed E-state index contributed by atoms with van der Waals surface area (Å²) < 4.78 is 22.3. The van der Waals surface area contributed by atoms with Crippen molar-refractivity contribution in [2.45, 2.75) is 5.54 Å². The molecule has 4 aromatic rings. The van der Waals surface area contributed by atoms with Crippen molar-refractivity contribution in [1.29, 1.82) is 0 Å². The van der Waals surface area contributed by atoms with Gasteiger partial charge in [0.15, 0.2) is 11.5 Å². The molecule has 4 aromatic carbocycles. The minimum atomic E-state index is -0.732. The van der Waals surface area contributed by atoms with Gasteiger partial charge in [0.25, 0.3) is 5.91 Å². The van der Waals surface area contributed by atoms with E-state index in [4.69, 9.17) is 18.9 Å². The maximum absolute atomic E-state index is 14.1. The number of hydrogen-bond donors (Lipinski definition) is 1. The van der Waals surface area contributed by atoms with E-state index in [9.17, 15) is 4.79 Å². The van der Waals surface area contributed by atoms with Gasteiger partial charge in [0.2, 0.25) is 18.3 Å². The molecule has 5 rings (SSSR count). The Bertz CT molecular complexity index is 1400. The van der Waals surface area contributed by atoms with Crippen molar-refractivity contribution in [2.75, 3.05) is 40.0 Å². The van der Waals surface area contributed by atoms with Gasteiger partial charge >= 0.3 is 0 Å². The van der Waals surface area contributed by atoms with Gasteiger partial charge in [-0.05, 0) is 24.2 Å². The summed E-state index contributed by atoms with van der Waals surface area (Å²) in [5.74, 6) is 1.21. The van der Waals surface area contributed by atoms with Gasteiger partial charge in [0, 0.05) is 24.4 Å². The van der Waals surface area contributed by atoms with Crippen LogP contribution in [-0.4, -0.2) is 41.0 Å². The van der Waals surface area contributed by atoms with Crippen LogP contribution in [0.3, 0.4) is 0 Å². The van der Waals surface area contributed by atoms with Gasteiger partial charge in [-0.25, -0.2) is 0 Å². The maximum Gasteiger partial charge on any atom is 0.262 e. The number of rotatable bonds is 8. The molecule has 1 heterocycles. The zero-order valence-electron chi connectivity index (χ0n) is 21.9. The molecule has 1 aliphatic rings. The summed E-state index contributed by atoms with van der Waals surface area (Å²) in [4.78, 5) is 15.7. The summed E-state index contributed by atoms with van der Waals surface area (Å²) in [6.07, 6.45) is 0. The molecule has 0 atom stereocenters. The van der Waals surface area contributed by atoms with Crippen LogP contribution in [0.2, 0.25) is 0 Å². The number of fused-ring (bicyclic) bond motifs is 1. The van der Waals surface area contributed by atoms with Gasteiger partial charge in [-0.15, -0.1) is 0 Å². The molecule has 0 spiro atoms. The van der Waals surface area contributed by atoms with Crippen LogP contribution >= 0.6 is 0 Å². The highest BCUT2D eigenvalue weighted by molar-refractivity contribution is 6.09. The number of benzene rings is 4. The highest BCUT2D eigenvalue weighted by atomic mass is 16.7. The van der Waals surface area contributed by atoms with Gasteiger partial charge in [0.1, 0.15) is 0 Å². The fourth-order valence-corrected chi connectivity index (χ4v) is 5.18. The topological polar surface area (TPSA) is 69.3 Å². The van der Waals surface area contributed by atoms with Crippen molar-refractivity contribution in [3.05, 3.63) is 113 Å². The summed E-state index contributed by atoms with van der Waals surface area (Å²) in [5, 5.41) is 3.59. The third kappa shape index (κ3) is 4.01. The van der Waals surface area contributed by atoms with E-state index in [1.165, 1.54) is 14.2 Å². The number of carbonyl (C=O) groups excluding carboxylic acids is 1. The summed E-state index contributed by atoms with van der Waals surface area (Å²) in [5.41, 5.74) is 3.32.